The molecule has 0 radical (unpaired) electrons. The molecule has 0 aliphatic carbocycles. The van der Waals surface area contributed by atoms with Crippen molar-refractivity contribution >= 4 is 29.3 Å². The number of hydrogen-bond acceptors (Lipinski definition) is 4. The van der Waals surface area contributed by atoms with Crippen LogP contribution >= 0.6 is 0 Å². The molecule has 32 heavy (non-hydrogen) atoms. The highest BCUT2D eigenvalue weighted by Crippen LogP contribution is 2.17. The summed E-state index contributed by atoms with van der Waals surface area (Å²) in [6, 6.07) is 8.86. The maximum atomic E-state index is 11.3. The van der Waals surface area contributed by atoms with Gasteiger partial charge in [-0.25, -0.2) is 4.90 Å². The summed E-state index contributed by atoms with van der Waals surface area (Å²) in [5.74, 6) is -0.866. The van der Waals surface area contributed by atoms with E-state index in [-0.39, 0.29) is 23.6 Å². The molecule has 0 fully saturated rings. The summed E-state index contributed by atoms with van der Waals surface area (Å²) in [5.41, 5.74) is 0.613. The second-order valence-corrected chi connectivity index (χ2v) is 8.02. The summed E-state index contributed by atoms with van der Waals surface area (Å²) in [5, 5.41) is 0. The van der Waals surface area contributed by atoms with E-state index in [0.717, 1.165) is 17.7 Å². The Morgan fingerprint density at radius 2 is 1.00 bits per heavy atom. The Morgan fingerprint density at radius 3 is 1.50 bits per heavy atom. The fourth-order valence-electron chi connectivity index (χ4n) is 3.64. The number of anilines is 1. The van der Waals surface area contributed by atoms with Gasteiger partial charge in [0.2, 0.25) is 0 Å². The summed E-state index contributed by atoms with van der Waals surface area (Å²) >= 11 is 0. The van der Waals surface area contributed by atoms with Crippen LogP contribution in [0.15, 0.2) is 54.6 Å². The summed E-state index contributed by atoms with van der Waals surface area (Å²) in [6.45, 7) is 2.83. The second-order valence-electron chi connectivity index (χ2n) is 8.02. The van der Waals surface area contributed by atoms with Crippen molar-refractivity contribution in [2.75, 3.05) is 11.4 Å². The molecule has 0 atom stereocenters. The van der Waals surface area contributed by atoms with Crippen LogP contribution in [0.1, 0.15) is 71.1 Å². The topological polar surface area (TPSA) is 74.8 Å². The third-order valence-electron chi connectivity index (χ3n) is 5.46. The summed E-state index contributed by atoms with van der Waals surface area (Å²) < 4.78 is 0. The van der Waals surface area contributed by atoms with Gasteiger partial charge in [-0.15, -0.1) is 0 Å². The van der Waals surface area contributed by atoms with E-state index in [2.05, 4.69) is 6.92 Å². The van der Waals surface area contributed by atoms with Crippen molar-refractivity contribution in [3.8, 4) is 0 Å². The number of carbonyl (C=O) groups excluding carboxylic acids is 4. The zero-order chi connectivity index (χ0) is 23.2. The van der Waals surface area contributed by atoms with Crippen LogP contribution in [0.3, 0.4) is 0 Å². The maximum Gasteiger partial charge on any atom is 0.258 e. The van der Waals surface area contributed by atoms with E-state index < -0.39 is 0 Å². The highest BCUT2D eigenvalue weighted by atomic mass is 16.2. The first kappa shape index (κ1) is 25.2. The number of benzene rings is 1. The van der Waals surface area contributed by atoms with Gasteiger partial charge in [-0.3, -0.25) is 24.1 Å². The first-order chi connectivity index (χ1) is 15.5. The number of hydrogen-bond donors (Lipinski definition) is 0. The zero-order valence-corrected chi connectivity index (χ0v) is 19.0. The van der Waals surface area contributed by atoms with Crippen LogP contribution in [0, 0.1) is 0 Å². The lowest BCUT2D eigenvalue weighted by Gasteiger charge is -2.12. The minimum Gasteiger partial charge on any atom is -0.275 e. The fraction of sp³-hybridized carbons (Fsp3) is 0.462. The molecular weight excluding hydrogens is 404 g/mol. The molecule has 6 heteroatoms. The Hall–Kier alpha value is -3.02. The molecular formula is C26H34N2O4. The maximum absolute atomic E-state index is 11.3. The molecule has 0 unspecified atom stereocenters. The lowest BCUT2D eigenvalue weighted by atomic mass is 10.1. The normalized spacial score (nSPS) is 15.0. The minimum atomic E-state index is -0.281. The molecule has 2 heterocycles. The van der Waals surface area contributed by atoms with E-state index in [4.69, 9.17) is 0 Å². The first-order valence-corrected chi connectivity index (χ1v) is 11.7. The zero-order valence-electron chi connectivity index (χ0n) is 19.0. The van der Waals surface area contributed by atoms with Gasteiger partial charge in [0, 0.05) is 30.8 Å². The number of rotatable bonds is 12. The molecule has 1 aromatic rings. The van der Waals surface area contributed by atoms with E-state index in [1.807, 2.05) is 6.07 Å². The van der Waals surface area contributed by atoms with Crippen LogP contribution in [0.2, 0.25) is 0 Å². The van der Waals surface area contributed by atoms with Gasteiger partial charge in [-0.05, 0) is 18.6 Å². The van der Waals surface area contributed by atoms with Crippen molar-refractivity contribution in [1.29, 1.82) is 0 Å². The van der Waals surface area contributed by atoms with Crippen molar-refractivity contribution in [1.82, 2.24) is 4.90 Å². The van der Waals surface area contributed by atoms with Gasteiger partial charge in [-0.2, -0.15) is 0 Å². The molecule has 4 amide bonds. The Kier molecular flexibility index (Phi) is 11.1. The van der Waals surface area contributed by atoms with E-state index in [1.165, 1.54) is 80.6 Å². The van der Waals surface area contributed by atoms with Crippen LogP contribution in [-0.2, 0) is 19.2 Å². The van der Waals surface area contributed by atoms with Gasteiger partial charge < -0.3 is 0 Å². The van der Waals surface area contributed by atoms with Crippen molar-refractivity contribution in [2.24, 2.45) is 0 Å². The van der Waals surface area contributed by atoms with Crippen molar-refractivity contribution in [3.05, 3.63) is 54.6 Å². The number of carbonyl (C=O) groups is 4. The number of amides is 4. The molecule has 2 aliphatic heterocycles. The number of unbranched alkanes of at least 4 members (excludes halogenated alkanes) is 9. The number of imide groups is 2. The number of nitrogens with zero attached hydrogens (tertiary/aromatic N) is 2. The summed E-state index contributed by atoms with van der Waals surface area (Å²) in [6.07, 6.45) is 17.9. The average Bonchev–Trinajstić information content (AvgIpc) is 3.31. The Balaban J connectivity index is 0.000000242. The molecule has 172 valence electrons. The van der Waals surface area contributed by atoms with E-state index in [1.54, 1.807) is 24.3 Å². The lowest BCUT2D eigenvalue weighted by molar-refractivity contribution is -0.136. The molecule has 0 saturated carbocycles. The first-order valence-electron chi connectivity index (χ1n) is 11.7. The number of para-hydroxylation sites is 1. The Bertz CT molecular complexity index is 793. The average molecular weight is 439 g/mol. The molecule has 0 aromatic heterocycles. The van der Waals surface area contributed by atoms with Crippen LogP contribution < -0.4 is 4.90 Å². The predicted octanol–water partition coefficient (Wildman–Crippen LogP) is 4.95. The highest BCUT2D eigenvalue weighted by molar-refractivity contribution is 6.28. The highest BCUT2D eigenvalue weighted by Gasteiger charge is 2.24. The van der Waals surface area contributed by atoms with Crippen molar-refractivity contribution < 1.29 is 19.2 Å². The summed E-state index contributed by atoms with van der Waals surface area (Å²) in [4.78, 5) is 47.5. The standard InChI is InChI=1S/C16H27NO2.C10H7NO2/c1-2-3-4-5-6-7-8-9-10-11-14-17-15(18)12-13-16(17)19;12-9-6-7-10(13)11(9)8-4-2-1-3-5-8/h12-13H,2-11,14H2,1H3;1-7H. The predicted molar refractivity (Wildman–Crippen MR) is 126 cm³/mol. The largest absolute Gasteiger partial charge is 0.275 e. The molecule has 2 aliphatic rings. The van der Waals surface area contributed by atoms with Gasteiger partial charge in [0.1, 0.15) is 0 Å². The third-order valence-corrected chi connectivity index (χ3v) is 5.46. The molecule has 0 N–H and O–H groups in total. The van der Waals surface area contributed by atoms with Gasteiger partial charge in [-0.1, -0.05) is 82.9 Å². The minimum absolute atomic E-state index is 0.152. The summed E-state index contributed by atoms with van der Waals surface area (Å²) in [7, 11) is 0. The molecule has 0 bridgehead atoms. The van der Waals surface area contributed by atoms with Crippen LogP contribution in [0.5, 0.6) is 0 Å². The van der Waals surface area contributed by atoms with Gasteiger partial charge >= 0.3 is 0 Å². The van der Waals surface area contributed by atoms with Crippen LogP contribution in [0.25, 0.3) is 0 Å². The SMILES string of the molecule is CCCCCCCCCCCCN1C(=O)C=CC1=O.O=C1C=CC(=O)N1c1ccccc1. The molecule has 3 rings (SSSR count). The smallest absolute Gasteiger partial charge is 0.258 e. The molecule has 6 nitrogen and oxygen atoms in total. The van der Waals surface area contributed by atoms with Crippen LogP contribution in [-0.4, -0.2) is 35.1 Å². The molecule has 1 aromatic carbocycles. The van der Waals surface area contributed by atoms with E-state index in [0.29, 0.717) is 12.2 Å². The van der Waals surface area contributed by atoms with E-state index in [9.17, 15) is 19.2 Å². The monoisotopic (exact) mass is 438 g/mol. The third kappa shape index (κ3) is 8.25. The lowest BCUT2D eigenvalue weighted by Crippen LogP contribution is -2.30. The fourth-order valence-corrected chi connectivity index (χ4v) is 3.64. The second kappa shape index (κ2) is 14.1. The molecule has 0 spiro atoms. The van der Waals surface area contributed by atoms with Gasteiger partial charge in [0.05, 0.1) is 5.69 Å². The van der Waals surface area contributed by atoms with Gasteiger partial charge in [0.15, 0.2) is 0 Å². The van der Waals surface area contributed by atoms with E-state index >= 15 is 0 Å². The Morgan fingerprint density at radius 1 is 0.562 bits per heavy atom. The Labute approximate surface area is 191 Å². The van der Waals surface area contributed by atoms with Crippen molar-refractivity contribution in [2.45, 2.75) is 71.1 Å². The van der Waals surface area contributed by atoms with Crippen molar-refractivity contribution in [3.63, 3.8) is 0 Å². The van der Waals surface area contributed by atoms with Crippen LogP contribution in [0.4, 0.5) is 5.69 Å². The quantitative estimate of drug-likeness (QED) is 0.342. The van der Waals surface area contributed by atoms with Gasteiger partial charge in [0.25, 0.3) is 23.6 Å². The molecule has 0 saturated heterocycles.